The van der Waals surface area contributed by atoms with Gasteiger partial charge in [0.2, 0.25) is 5.91 Å². The Morgan fingerprint density at radius 1 is 1.50 bits per heavy atom. The smallest absolute Gasteiger partial charge is 0.262 e. The molecule has 0 atom stereocenters. The Bertz CT molecular complexity index is 625. The highest BCUT2D eigenvalue weighted by molar-refractivity contribution is 7.89. The third-order valence-corrected chi connectivity index (χ3v) is 5.32. The molecule has 1 aromatic heterocycles. The molecule has 1 saturated carbocycles. The van der Waals surface area contributed by atoms with Crippen molar-refractivity contribution >= 4 is 39.1 Å². The first-order valence-electron chi connectivity index (χ1n) is 5.96. The molecule has 0 aliphatic heterocycles. The number of sulfonamides is 1. The molecule has 1 aliphatic carbocycles. The molecule has 2 N–H and O–H groups in total. The Morgan fingerprint density at radius 2 is 2.15 bits per heavy atom. The van der Waals surface area contributed by atoms with E-state index in [9.17, 15) is 13.2 Å². The van der Waals surface area contributed by atoms with Crippen LogP contribution in [0.2, 0.25) is 5.15 Å². The lowest BCUT2D eigenvalue weighted by Gasteiger charge is -2.23. The molecule has 0 unspecified atom stereocenters. The van der Waals surface area contributed by atoms with E-state index in [1.165, 1.54) is 11.7 Å². The summed E-state index contributed by atoms with van der Waals surface area (Å²) in [4.78, 5) is 13.4. The number of nitrogens with zero attached hydrogens (tertiary/aromatic N) is 2. The van der Waals surface area contributed by atoms with Crippen LogP contribution in [-0.4, -0.2) is 24.1 Å². The monoisotopic (exact) mass is 340 g/mol. The van der Waals surface area contributed by atoms with Crippen molar-refractivity contribution < 1.29 is 13.2 Å². The summed E-state index contributed by atoms with van der Waals surface area (Å²) in [6.07, 6.45) is 2.53. The van der Waals surface area contributed by atoms with E-state index in [0.29, 0.717) is 0 Å². The molecule has 1 aliphatic rings. The molecule has 0 bridgehead atoms. The number of halogens is 2. The SMILES string of the molecule is Cn1nc(CCl)c(S(=O)(=O)NNC(=O)C2CCC2)c1Cl. The van der Waals surface area contributed by atoms with Gasteiger partial charge in [-0.25, -0.2) is 8.42 Å². The molecule has 1 fully saturated rings. The van der Waals surface area contributed by atoms with Crippen molar-refractivity contribution in [2.24, 2.45) is 13.0 Å². The van der Waals surface area contributed by atoms with Crippen molar-refractivity contribution in [2.75, 3.05) is 0 Å². The molecule has 0 spiro atoms. The molecule has 1 amide bonds. The Kier molecular flexibility index (Phi) is 4.58. The number of nitrogens with one attached hydrogen (secondary N) is 2. The van der Waals surface area contributed by atoms with Crippen molar-refractivity contribution in [1.29, 1.82) is 0 Å². The number of hydrazine groups is 1. The average Bonchev–Trinajstić information content (AvgIpc) is 2.61. The third kappa shape index (κ3) is 2.93. The quantitative estimate of drug-likeness (QED) is 0.615. The van der Waals surface area contributed by atoms with Gasteiger partial charge in [0.1, 0.15) is 10.0 Å². The van der Waals surface area contributed by atoms with Crippen molar-refractivity contribution in [1.82, 2.24) is 20.0 Å². The molecule has 2 rings (SSSR count). The number of alkyl halides is 1. The first kappa shape index (κ1) is 15.6. The van der Waals surface area contributed by atoms with Crippen molar-refractivity contribution in [3.63, 3.8) is 0 Å². The largest absolute Gasteiger partial charge is 0.277 e. The first-order chi connectivity index (χ1) is 9.36. The number of hydrogen-bond donors (Lipinski definition) is 2. The molecule has 112 valence electrons. The summed E-state index contributed by atoms with van der Waals surface area (Å²) in [6.45, 7) is 0. The second-order valence-corrected chi connectivity index (χ2v) is 6.79. The Hall–Kier alpha value is -0.830. The predicted octanol–water partition coefficient (Wildman–Crippen LogP) is 0.922. The van der Waals surface area contributed by atoms with Gasteiger partial charge in [0.15, 0.2) is 0 Å². The van der Waals surface area contributed by atoms with Gasteiger partial charge in [-0.3, -0.25) is 14.9 Å². The van der Waals surface area contributed by atoms with E-state index in [0.717, 1.165) is 19.3 Å². The number of rotatable bonds is 5. The summed E-state index contributed by atoms with van der Waals surface area (Å²) in [6, 6.07) is 0. The van der Waals surface area contributed by atoms with Crippen LogP contribution in [0, 0.1) is 5.92 Å². The zero-order valence-corrected chi connectivity index (χ0v) is 13.0. The van der Waals surface area contributed by atoms with E-state index in [-0.39, 0.29) is 33.4 Å². The van der Waals surface area contributed by atoms with Gasteiger partial charge in [-0.2, -0.15) is 5.10 Å². The zero-order valence-electron chi connectivity index (χ0n) is 10.7. The van der Waals surface area contributed by atoms with Gasteiger partial charge in [0.05, 0.1) is 11.6 Å². The summed E-state index contributed by atoms with van der Waals surface area (Å²) >= 11 is 11.6. The number of hydrogen-bond acceptors (Lipinski definition) is 4. The normalized spacial score (nSPS) is 15.9. The second-order valence-electron chi connectivity index (χ2n) is 4.55. The van der Waals surface area contributed by atoms with E-state index < -0.39 is 10.0 Å². The van der Waals surface area contributed by atoms with Crippen molar-refractivity contribution in [2.45, 2.75) is 30.0 Å². The Balaban J connectivity index is 2.15. The summed E-state index contributed by atoms with van der Waals surface area (Å²) < 4.78 is 25.5. The van der Waals surface area contributed by atoms with Gasteiger partial charge in [-0.1, -0.05) is 18.0 Å². The van der Waals surface area contributed by atoms with Crippen LogP contribution in [0.1, 0.15) is 25.0 Å². The highest BCUT2D eigenvalue weighted by Gasteiger charge is 2.29. The minimum atomic E-state index is -4.01. The van der Waals surface area contributed by atoms with Gasteiger partial charge < -0.3 is 0 Å². The van der Waals surface area contributed by atoms with E-state index in [2.05, 4.69) is 10.5 Å². The highest BCUT2D eigenvalue weighted by atomic mass is 35.5. The predicted molar refractivity (Wildman–Crippen MR) is 73.6 cm³/mol. The van der Waals surface area contributed by atoms with Crippen LogP contribution in [-0.2, 0) is 27.7 Å². The molecule has 10 heteroatoms. The standard InChI is InChI=1S/C10H14Cl2N4O3S/c1-16-9(12)8(7(5-11)14-16)20(18,19)15-13-10(17)6-3-2-4-6/h6,15H,2-5H2,1H3,(H,13,17). The molecule has 20 heavy (non-hydrogen) atoms. The second kappa shape index (κ2) is 5.88. The van der Waals surface area contributed by atoms with Gasteiger partial charge in [0.25, 0.3) is 10.0 Å². The van der Waals surface area contributed by atoms with Gasteiger partial charge in [-0.05, 0) is 12.8 Å². The summed E-state index contributed by atoms with van der Waals surface area (Å²) in [5.41, 5.74) is 2.32. The fourth-order valence-electron chi connectivity index (χ4n) is 1.83. The maximum absolute atomic E-state index is 12.2. The Labute approximate surface area is 126 Å². The molecule has 0 saturated heterocycles. The lowest BCUT2D eigenvalue weighted by molar-refractivity contribution is -0.127. The molecule has 1 heterocycles. The lowest BCUT2D eigenvalue weighted by Crippen LogP contribution is -2.46. The van der Waals surface area contributed by atoms with Crippen LogP contribution in [0.4, 0.5) is 0 Å². The molecule has 1 aromatic rings. The van der Waals surface area contributed by atoms with E-state index >= 15 is 0 Å². The van der Waals surface area contributed by atoms with Crippen LogP contribution >= 0.6 is 23.2 Å². The topological polar surface area (TPSA) is 93.1 Å². The Morgan fingerprint density at radius 3 is 2.65 bits per heavy atom. The number of amides is 1. The van der Waals surface area contributed by atoms with Gasteiger partial charge >= 0.3 is 0 Å². The fourth-order valence-corrected chi connectivity index (χ4v) is 3.66. The number of carbonyl (C=O) groups excluding carboxylic acids is 1. The summed E-state index contributed by atoms with van der Waals surface area (Å²) in [5, 5.41) is 3.84. The van der Waals surface area contributed by atoms with Gasteiger partial charge in [-0.15, -0.1) is 16.4 Å². The van der Waals surface area contributed by atoms with E-state index in [1.54, 1.807) is 0 Å². The zero-order chi connectivity index (χ0) is 14.9. The van der Waals surface area contributed by atoms with Gasteiger partial charge in [0, 0.05) is 13.0 Å². The number of aryl methyl sites for hydroxylation is 1. The molecule has 7 nitrogen and oxygen atoms in total. The van der Waals surface area contributed by atoms with E-state index in [4.69, 9.17) is 23.2 Å². The van der Waals surface area contributed by atoms with Crippen LogP contribution in [0.15, 0.2) is 4.90 Å². The molecular formula is C10H14Cl2N4O3S. The average molecular weight is 341 g/mol. The lowest BCUT2D eigenvalue weighted by atomic mass is 9.85. The van der Waals surface area contributed by atoms with Crippen LogP contribution < -0.4 is 10.3 Å². The number of carbonyl (C=O) groups is 1. The maximum atomic E-state index is 12.2. The van der Waals surface area contributed by atoms with Crippen LogP contribution in [0.5, 0.6) is 0 Å². The molecule has 0 aromatic carbocycles. The van der Waals surface area contributed by atoms with E-state index in [1.807, 2.05) is 4.83 Å². The first-order valence-corrected chi connectivity index (χ1v) is 8.35. The van der Waals surface area contributed by atoms with Crippen LogP contribution in [0.3, 0.4) is 0 Å². The molecule has 0 radical (unpaired) electrons. The number of aromatic nitrogens is 2. The minimum absolute atomic E-state index is 0.0638. The summed E-state index contributed by atoms with van der Waals surface area (Å²) in [7, 11) is -2.50. The maximum Gasteiger partial charge on any atom is 0.262 e. The van der Waals surface area contributed by atoms with Crippen molar-refractivity contribution in [3.8, 4) is 0 Å². The van der Waals surface area contributed by atoms with Crippen LogP contribution in [0.25, 0.3) is 0 Å². The summed E-state index contributed by atoms with van der Waals surface area (Å²) in [5.74, 6) is -0.574. The third-order valence-electron chi connectivity index (χ3n) is 3.18. The highest BCUT2D eigenvalue weighted by Crippen LogP contribution is 2.27. The minimum Gasteiger partial charge on any atom is -0.277 e. The fraction of sp³-hybridized carbons (Fsp3) is 0.600. The van der Waals surface area contributed by atoms with Crippen molar-refractivity contribution in [3.05, 3.63) is 10.8 Å². The molecular weight excluding hydrogens is 327 g/mol.